The lowest BCUT2D eigenvalue weighted by molar-refractivity contribution is 0.163. The Bertz CT molecular complexity index is 877. The smallest absolute Gasteiger partial charge is 0.117 e. The molecule has 28 heavy (non-hydrogen) atoms. The molecule has 4 nitrogen and oxygen atoms in total. The van der Waals surface area contributed by atoms with Crippen molar-refractivity contribution in [3.05, 3.63) is 84.7 Å². The third-order valence-corrected chi connectivity index (χ3v) is 5.74. The number of pyridine rings is 1. The lowest BCUT2D eigenvalue weighted by atomic mass is 9.98. The molecule has 144 valence electrons. The number of phenols is 1. The fourth-order valence-corrected chi connectivity index (χ4v) is 4.19. The summed E-state index contributed by atoms with van der Waals surface area (Å²) in [6.07, 6.45) is 5.82. The monoisotopic (exact) mass is 373 g/mol. The summed E-state index contributed by atoms with van der Waals surface area (Å²) in [6.45, 7) is 4.41. The van der Waals surface area contributed by atoms with Gasteiger partial charge in [-0.05, 0) is 49.6 Å². The first-order chi connectivity index (χ1) is 13.7. The van der Waals surface area contributed by atoms with Crippen LogP contribution in [-0.2, 0) is 0 Å². The van der Waals surface area contributed by atoms with E-state index in [4.69, 9.17) is 0 Å². The van der Waals surface area contributed by atoms with Crippen molar-refractivity contribution in [3.63, 3.8) is 0 Å². The summed E-state index contributed by atoms with van der Waals surface area (Å²) in [5.74, 6) is 0.298. The molecule has 2 heterocycles. The van der Waals surface area contributed by atoms with E-state index in [0.717, 1.165) is 37.3 Å². The first kappa shape index (κ1) is 18.5. The van der Waals surface area contributed by atoms with E-state index in [-0.39, 0.29) is 0 Å². The average molecular weight is 374 g/mol. The SMILES string of the molecule is CC(c1ccccc1)N1CCC(N(c2ccncc2)c2cccc(O)c2)CC1. The van der Waals surface area contributed by atoms with E-state index in [1.54, 1.807) is 6.07 Å². The maximum absolute atomic E-state index is 10.0. The summed E-state index contributed by atoms with van der Waals surface area (Å²) >= 11 is 0. The number of aromatic hydroxyl groups is 1. The largest absolute Gasteiger partial charge is 0.508 e. The zero-order chi connectivity index (χ0) is 19.3. The van der Waals surface area contributed by atoms with Crippen LogP contribution in [0.1, 0.15) is 31.4 Å². The van der Waals surface area contributed by atoms with Gasteiger partial charge >= 0.3 is 0 Å². The van der Waals surface area contributed by atoms with Gasteiger partial charge < -0.3 is 10.0 Å². The molecule has 0 radical (unpaired) electrons. The number of nitrogens with zero attached hydrogens (tertiary/aromatic N) is 3. The number of hydrogen-bond acceptors (Lipinski definition) is 4. The molecule has 1 fully saturated rings. The molecule has 1 aliphatic rings. The van der Waals surface area contributed by atoms with Crippen molar-refractivity contribution in [2.24, 2.45) is 0 Å². The molecule has 2 aromatic carbocycles. The van der Waals surface area contributed by atoms with Crippen LogP contribution >= 0.6 is 0 Å². The van der Waals surface area contributed by atoms with Crippen LogP contribution in [0.5, 0.6) is 5.75 Å². The maximum atomic E-state index is 10.0. The lowest BCUT2D eigenvalue weighted by Crippen LogP contribution is -2.44. The highest BCUT2D eigenvalue weighted by molar-refractivity contribution is 5.65. The number of piperidine rings is 1. The summed E-state index contributed by atoms with van der Waals surface area (Å²) in [7, 11) is 0. The number of aromatic nitrogens is 1. The number of phenolic OH excluding ortho intramolecular Hbond substituents is 1. The quantitative estimate of drug-likeness (QED) is 0.671. The van der Waals surface area contributed by atoms with Crippen LogP contribution in [0.2, 0.25) is 0 Å². The van der Waals surface area contributed by atoms with E-state index in [0.29, 0.717) is 17.8 Å². The van der Waals surface area contributed by atoms with Gasteiger partial charge in [0.05, 0.1) is 0 Å². The number of rotatable bonds is 5. The Labute approximate surface area is 167 Å². The molecular weight excluding hydrogens is 346 g/mol. The Morgan fingerprint density at radius 1 is 0.929 bits per heavy atom. The molecule has 3 aromatic rings. The van der Waals surface area contributed by atoms with E-state index in [2.05, 4.69) is 58.1 Å². The van der Waals surface area contributed by atoms with E-state index in [9.17, 15) is 5.11 Å². The van der Waals surface area contributed by atoms with Crippen LogP contribution in [0.25, 0.3) is 0 Å². The van der Waals surface area contributed by atoms with E-state index in [1.807, 2.05) is 36.7 Å². The summed E-state index contributed by atoms with van der Waals surface area (Å²) in [5, 5.41) is 10.0. The summed E-state index contributed by atoms with van der Waals surface area (Å²) in [4.78, 5) is 9.09. The standard InChI is InChI=1S/C24H27N3O/c1-19(20-6-3-2-4-7-20)26-16-12-22(13-17-26)27(21-10-14-25-15-11-21)23-8-5-9-24(28)18-23/h2-11,14-15,18-19,22,28H,12-13,16-17H2,1H3. The highest BCUT2D eigenvalue weighted by atomic mass is 16.3. The molecule has 1 saturated heterocycles. The van der Waals surface area contributed by atoms with Crippen molar-refractivity contribution < 1.29 is 5.11 Å². The molecule has 0 amide bonds. The van der Waals surface area contributed by atoms with Gasteiger partial charge in [0, 0.05) is 55.0 Å². The van der Waals surface area contributed by atoms with Crippen LogP contribution in [0, 0.1) is 0 Å². The van der Waals surface area contributed by atoms with Gasteiger partial charge in [0.15, 0.2) is 0 Å². The van der Waals surface area contributed by atoms with Gasteiger partial charge in [-0.2, -0.15) is 0 Å². The highest BCUT2D eigenvalue weighted by Gasteiger charge is 2.28. The van der Waals surface area contributed by atoms with E-state index >= 15 is 0 Å². The third kappa shape index (κ3) is 4.02. The molecule has 1 aliphatic heterocycles. The Morgan fingerprint density at radius 2 is 1.64 bits per heavy atom. The van der Waals surface area contributed by atoms with Crippen LogP contribution in [0.15, 0.2) is 79.1 Å². The van der Waals surface area contributed by atoms with Crippen molar-refractivity contribution in [2.45, 2.75) is 31.8 Å². The zero-order valence-corrected chi connectivity index (χ0v) is 16.3. The first-order valence-corrected chi connectivity index (χ1v) is 9.99. The molecule has 0 saturated carbocycles. The minimum atomic E-state index is 0.298. The predicted octanol–water partition coefficient (Wildman–Crippen LogP) is 5.15. The van der Waals surface area contributed by atoms with E-state index in [1.165, 1.54) is 5.56 Å². The minimum absolute atomic E-state index is 0.298. The molecule has 1 unspecified atom stereocenters. The van der Waals surface area contributed by atoms with Crippen molar-refractivity contribution in [2.75, 3.05) is 18.0 Å². The first-order valence-electron chi connectivity index (χ1n) is 9.99. The number of likely N-dealkylation sites (tertiary alicyclic amines) is 1. The van der Waals surface area contributed by atoms with Gasteiger partial charge in [0.1, 0.15) is 5.75 Å². The fraction of sp³-hybridized carbons (Fsp3) is 0.292. The fourth-order valence-electron chi connectivity index (χ4n) is 4.19. The van der Waals surface area contributed by atoms with Gasteiger partial charge in [-0.1, -0.05) is 36.4 Å². The van der Waals surface area contributed by atoms with Crippen molar-refractivity contribution in [3.8, 4) is 5.75 Å². The predicted molar refractivity (Wildman–Crippen MR) is 114 cm³/mol. The van der Waals surface area contributed by atoms with E-state index < -0.39 is 0 Å². The maximum Gasteiger partial charge on any atom is 0.117 e. The van der Waals surface area contributed by atoms with Crippen LogP contribution in [0.4, 0.5) is 11.4 Å². The van der Waals surface area contributed by atoms with Gasteiger partial charge in [-0.3, -0.25) is 9.88 Å². The number of anilines is 2. The second kappa shape index (κ2) is 8.44. The molecule has 0 spiro atoms. The Balaban J connectivity index is 1.53. The van der Waals surface area contributed by atoms with Crippen LogP contribution < -0.4 is 4.90 Å². The molecule has 4 heteroatoms. The van der Waals surface area contributed by atoms with Gasteiger partial charge in [0.25, 0.3) is 0 Å². The molecule has 0 bridgehead atoms. The number of benzene rings is 2. The number of hydrogen-bond donors (Lipinski definition) is 1. The molecule has 1 aromatic heterocycles. The van der Waals surface area contributed by atoms with Gasteiger partial charge in [-0.15, -0.1) is 0 Å². The molecule has 1 atom stereocenters. The topological polar surface area (TPSA) is 39.6 Å². The molecule has 1 N–H and O–H groups in total. The second-order valence-corrected chi connectivity index (χ2v) is 7.45. The molecule has 4 rings (SSSR count). The lowest BCUT2D eigenvalue weighted by Gasteiger charge is -2.41. The Hall–Kier alpha value is -2.85. The Kier molecular flexibility index (Phi) is 5.58. The second-order valence-electron chi connectivity index (χ2n) is 7.45. The third-order valence-electron chi connectivity index (χ3n) is 5.74. The van der Waals surface area contributed by atoms with Crippen molar-refractivity contribution in [1.29, 1.82) is 0 Å². The van der Waals surface area contributed by atoms with Crippen LogP contribution in [0.3, 0.4) is 0 Å². The van der Waals surface area contributed by atoms with Gasteiger partial charge in [-0.25, -0.2) is 0 Å². The average Bonchev–Trinajstić information content (AvgIpc) is 2.75. The summed E-state index contributed by atoms with van der Waals surface area (Å²) < 4.78 is 0. The van der Waals surface area contributed by atoms with Crippen LogP contribution in [-0.4, -0.2) is 34.1 Å². The summed E-state index contributed by atoms with van der Waals surface area (Å²) in [6, 6.07) is 23.2. The molecular formula is C24H27N3O. The highest BCUT2D eigenvalue weighted by Crippen LogP contribution is 2.34. The molecule has 0 aliphatic carbocycles. The van der Waals surface area contributed by atoms with Crippen molar-refractivity contribution in [1.82, 2.24) is 9.88 Å². The minimum Gasteiger partial charge on any atom is -0.508 e. The van der Waals surface area contributed by atoms with Crippen molar-refractivity contribution >= 4 is 11.4 Å². The Morgan fingerprint density at radius 3 is 2.32 bits per heavy atom. The summed E-state index contributed by atoms with van der Waals surface area (Å²) in [5.41, 5.74) is 3.52. The normalized spacial score (nSPS) is 16.6. The zero-order valence-electron chi connectivity index (χ0n) is 16.3. The van der Waals surface area contributed by atoms with Gasteiger partial charge in [0.2, 0.25) is 0 Å².